The van der Waals surface area contributed by atoms with Gasteiger partial charge < -0.3 is 14.5 Å². The van der Waals surface area contributed by atoms with Crippen molar-refractivity contribution in [2.45, 2.75) is 27.2 Å². The van der Waals surface area contributed by atoms with Gasteiger partial charge in [0.25, 0.3) is 0 Å². The molecule has 3 rings (SSSR count). The summed E-state index contributed by atoms with van der Waals surface area (Å²) in [7, 11) is 0. The second-order valence-electron chi connectivity index (χ2n) is 5.76. The summed E-state index contributed by atoms with van der Waals surface area (Å²) in [4.78, 5) is 31.7. The maximum absolute atomic E-state index is 12.1. The maximum atomic E-state index is 12.1. The number of rotatable bonds is 5. The first-order valence-corrected chi connectivity index (χ1v) is 8.32. The maximum Gasteiger partial charge on any atom is 0.357 e. The first-order valence-electron chi connectivity index (χ1n) is 8.32. The standard InChI is InChI=1S/C19H20N2O4/c1-4-8-25-18(22)12-6-7-14-13(9-12)16-11(3)17(19(23)24-5-2)20-10-15(16)21-14/h6-7,9-10,21H,4-5,8H2,1-3H3. The summed E-state index contributed by atoms with van der Waals surface area (Å²) in [5.41, 5.74) is 3.17. The second-order valence-corrected chi connectivity index (χ2v) is 5.76. The summed E-state index contributed by atoms with van der Waals surface area (Å²) >= 11 is 0. The van der Waals surface area contributed by atoms with E-state index in [1.54, 1.807) is 25.3 Å². The average molecular weight is 340 g/mol. The van der Waals surface area contributed by atoms with Gasteiger partial charge in [-0.05, 0) is 44.0 Å². The summed E-state index contributed by atoms with van der Waals surface area (Å²) in [5.74, 6) is -0.801. The van der Waals surface area contributed by atoms with Gasteiger partial charge in [-0.2, -0.15) is 0 Å². The van der Waals surface area contributed by atoms with Crippen LogP contribution in [0.2, 0.25) is 0 Å². The highest BCUT2D eigenvalue weighted by molar-refractivity contribution is 6.12. The Balaban J connectivity index is 2.14. The number of aromatic amines is 1. The third kappa shape index (κ3) is 3.07. The van der Waals surface area contributed by atoms with Crippen molar-refractivity contribution in [2.24, 2.45) is 0 Å². The minimum Gasteiger partial charge on any atom is -0.462 e. The fraction of sp³-hybridized carbons (Fsp3) is 0.316. The molecule has 0 aliphatic rings. The van der Waals surface area contributed by atoms with Crippen LogP contribution < -0.4 is 0 Å². The summed E-state index contributed by atoms with van der Waals surface area (Å²) < 4.78 is 10.3. The van der Waals surface area contributed by atoms with Crippen LogP contribution in [-0.2, 0) is 9.47 Å². The van der Waals surface area contributed by atoms with Gasteiger partial charge in [-0.3, -0.25) is 0 Å². The summed E-state index contributed by atoms with van der Waals surface area (Å²) in [6.07, 6.45) is 2.39. The highest BCUT2D eigenvalue weighted by atomic mass is 16.5. The summed E-state index contributed by atoms with van der Waals surface area (Å²) in [6, 6.07) is 5.35. The quantitative estimate of drug-likeness (QED) is 0.715. The SMILES string of the molecule is CCCOC(=O)c1ccc2[nH]c3cnc(C(=O)OCC)c(C)c3c2c1. The van der Waals surface area contributed by atoms with Gasteiger partial charge in [-0.1, -0.05) is 6.92 Å². The molecule has 0 atom stereocenters. The van der Waals surface area contributed by atoms with Crippen LogP contribution in [0.1, 0.15) is 46.7 Å². The molecule has 3 aromatic rings. The molecule has 0 aliphatic carbocycles. The molecule has 6 nitrogen and oxygen atoms in total. The number of hydrogen-bond acceptors (Lipinski definition) is 5. The number of nitrogens with zero attached hydrogens (tertiary/aromatic N) is 1. The zero-order chi connectivity index (χ0) is 18.0. The molecule has 1 aromatic carbocycles. The molecule has 2 aromatic heterocycles. The number of carbonyl (C=O) groups is 2. The second kappa shape index (κ2) is 6.93. The molecule has 0 fully saturated rings. The lowest BCUT2D eigenvalue weighted by molar-refractivity contribution is 0.0500. The number of hydrogen-bond donors (Lipinski definition) is 1. The Labute approximate surface area is 145 Å². The third-order valence-electron chi connectivity index (χ3n) is 4.02. The number of esters is 2. The van der Waals surface area contributed by atoms with Crippen LogP contribution in [0.3, 0.4) is 0 Å². The topological polar surface area (TPSA) is 81.3 Å². The van der Waals surface area contributed by atoms with E-state index in [9.17, 15) is 9.59 Å². The molecule has 0 bridgehead atoms. The minimum atomic E-state index is -0.449. The predicted molar refractivity (Wildman–Crippen MR) is 94.9 cm³/mol. The first kappa shape index (κ1) is 17.0. The summed E-state index contributed by atoms with van der Waals surface area (Å²) in [5, 5.41) is 1.71. The van der Waals surface area contributed by atoms with Crippen LogP contribution in [0.5, 0.6) is 0 Å². The number of ether oxygens (including phenoxy) is 2. The number of benzene rings is 1. The van der Waals surface area contributed by atoms with Crippen LogP contribution in [0.25, 0.3) is 21.8 Å². The van der Waals surface area contributed by atoms with Crippen molar-refractivity contribution in [3.05, 3.63) is 41.2 Å². The lowest BCUT2D eigenvalue weighted by Crippen LogP contribution is -2.09. The lowest BCUT2D eigenvalue weighted by Gasteiger charge is -2.06. The van der Waals surface area contributed by atoms with Gasteiger partial charge in [-0.15, -0.1) is 0 Å². The lowest BCUT2D eigenvalue weighted by atomic mass is 10.0. The zero-order valence-electron chi connectivity index (χ0n) is 14.5. The molecule has 0 amide bonds. The van der Waals surface area contributed by atoms with E-state index >= 15 is 0 Å². The van der Waals surface area contributed by atoms with Crippen LogP contribution in [0, 0.1) is 6.92 Å². The number of pyridine rings is 1. The zero-order valence-corrected chi connectivity index (χ0v) is 14.5. The molecule has 0 unspecified atom stereocenters. The smallest absolute Gasteiger partial charge is 0.357 e. The Bertz CT molecular complexity index is 959. The highest BCUT2D eigenvalue weighted by Crippen LogP contribution is 2.30. The molecule has 0 radical (unpaired) electrons. The number of nitrogens with one attached hydrogen (secondary N) is 1. The van der Waals surface area contributed by atoms with E-state index in [1.807, 2.05) is 19.9 Å². The Morgan fingerprint density at radius 1 is 1.12 bits per heavy atom. The van der Waals surface area contributed by atoms with Gasteiger partial charge in [0, 0.05) is 16.3 Å². The van der Waals surface area contributed by atoms with Crippen molar-refractivity contribution in [1.29, 1.82) is 0 Å². The van der Waals surface area contributed by atoms with Gasteiger partial charge in [0.2, 0.25) is 0 Å². The number of H-pyrrole nitrogens is 1. The Kier molecular flexibility index (Phi) is 4.70. The molecular weight excluding hydrogens is 320 g/mol. The van der Waals surface area contributed by atoms with Crippen LogP contribution in [0.15, 0.2) is 24.4 Å². The van der Waals surface area contributed by atoms with Crippen molar-refractivity contribution in [3.63, 3.8) is 0 Å². The Morgan fingerprint density at radius 3 is 2.64 bits per heavy atom. The molecule has 130 valence electrons. The van der Waals surface area contributed by atoms with Crippen molar-refractivity contribution < 1.29 is 19.1 Å². The molecular formula is C19H20N2O4. The van der Waals surface area contributed by atoms with Gasteiger partial charge >= 0.3 is 11.9 Å². The van der Waals surface area contributed by atoms with E-state index in [1.165, 1.54) is 0 Å². The number of aromatic nitrogens is 2. The average Bonchev–Trinajstić information content (AvgIpc) is 2.98. The fourth-order valence-electron chi connectivity index (χ4n) is 2.87. The molecule has 0 saturated carbocycles. The molecule has 2 heterocycles. The molecule has 1 N–H and O–H groups in total. The first-order chi connectivity index (χ1) is 12.1. The largest absolute Gasteiger partial charge is 0.462 e. The van der Waals surface area contributed by atoms with Gasteiger partial charge in [0.15, 0.2) is 5.69 Å². The van der Waals surface area contributed by atoms with E-state index in [0.29, 0.717) is 18.8 Å². The van der Waals surface area contributed by atoms with Gasteiger partial charge in [0.1, 0.15) is 0 Å². The highest BCUT2D eigenvalue weighted by Gasteiger charge is 2.18. The minimum absolute atomic E-state index is 0.286. The monoisotopic (exact) mass is 340 g/mol. The van der Waals surface area contributed by atoms with Crippen LogP contribution in [0.4, 0.5) is 0 Å². The number of aryl methyl sites for hydroxylation is 1. The summed E-state index contributed by atoms with van der Waals surface area (Å²) in [6.45, 7) is 6.21. The molecule has 0 aliphatic heterocycles. The fourth-order valence-corrected chi connectivity index (χ4v) is 2.87. The van der Waals surface area contributed by atoms with Crippen molar-refractivity contribution >= 4 is 33.7 Å². The molecule has 0 spiro atoms. The molecule has 25 heavy (non-hydrogen) atoms. The van der Waals surface area contributed by atoms with Crippen molar-refractivity contribution in [1.82, 2.24) is 9.97 Å². The van der Waals surface area contributed by atoms with Crippen molar-refractivity contribution in [3.8, 4) is 0 Å². The Hall–Kier alpha value is -2.89. The Morgan fingerprint density at radius 2 is 1.92 bits per heavy atom. The molecule has 6 heteroatoms. The van der Waals surface area contributed by atoms with E-state index < -0.39 is 5.97 Å². The van der Waals surface area contributed by atoms with E-state index in [2.05, 4.69) is 9.97 Å². The van der Waals surface area contributed by atoms with E-state index in [0.717, 1.165) is 33.8 Å². The third-order valence-corrected chi connectivity index (χ3v) is 4.02. The van der Waals surface area contributed by atoms with E-state index in [-0.39, 0.29) is 11.7 Å². The van der Waals surface area contributed by atoms with E-state index in [4.69, 9.17) is 9.47 Å². The number of fused-ring (bicyclic) bond motifs is 3. The van der Waals surface area contributed by atoms with Crippen molar-refractivity contribution in [2.75, 3.05) is 13.2 Å². The van der Waals surface area contributed by atoms with Gasteiger partial charge in [0.05, 0.1) is 30.5 Å². The normalized spacial score (nSPS) is 11.0. The predicted octanol–water partition coefficient (Wildman–Crippen LogP) is 3.77. The van der Waals surface area contributed by atoms with Crippen LogP contribution in [-0.4, -0.2) is 35.1 Å². The van der Waals surface area contributed by atoms with Gasteiger partial charge in [-0.25, -0.2) is 14.6 Å². The number of carbonyl (C=O) groups excluding carboxylic acids is 2. The van der Waals surface area contributed by atoms with Crippen LogP contribution >= 0.6 is 0 Å². The molecule has 0 saturated heterocycles.